The molecule has 18 heavy (non-hydrogen) atoms. The largest absolute Gasteiger partial charge is 0.352 e. The lowest BCUT2D eigenvalue weighted by molar-refractivity contribution is -0.291. The predicted molar refractivity (Wildman–Crippen MR) is 74.3 cm³/mol. The third kappa shape index (κ3) is 2.80. The molecule has 0 aromatic heterocycles. The van der Waals surface area contributed by atoms with Crippen molar-refractivity contribution in [3.05, 3.63) is 12.2 Å². The minimum atomic E-state index is -0.00891. The summed E-state index contributed by atoms with van der Waals surface area (Å²) >= 11 is 0. The van der Waals surface area contributed by atoms with Crippen molar-refractivity contribution >= 4 is 0 Å². The third-order valence-corrected chi connectivity index (χ3v) is 4.44. The highest BCUT2D eigenvalue weighted by Crippen LogP contribution is 2.39. The van der Waals surface area contributed by atoms with Gasteiger partial charge in [-0.2, -0.15) is 0 Å². The van der Waals surface area contributed by atoms with Gasteiger partial charge in [0.15, 0.2) is 6.29 Å². The zero-order chi connectivity index (χ0) is 13.3. The smallest absolute Gasteiger partial charge is 0.161 e. The Morgan fingerprint density at radius 2 is 1.83 bits per heavy atom. The van der Waals surface area contributed by atoms with E-state index in [9.17, 15) is 0 Å². The van der Waals surface area contributed by atoms with Crippen molar-refractivity contribution in [2.24, 2.45) is 23.2 Å². The molecule has 2 rings (SSSR count). The van der Waals surface area contributed by atoms with Gasteiger partial charge in [-0.15, -0.1) is 0 Å². The van der Waals surface area contributed by atoms with Gasteiger partial charge < -0.3 is 9.47 Å². The molecule has 1 fully saturated rings. The van der Waals surface area contributed by atoms with Crippen LogP contribution in [0.5, 0.6) is 0 Å². The zero-order valence-electron chi connectivity index (χ0n) is 12.5. The van der Waals surface area contributed by atoms with Crippen LogP contribution >= 0.6 is 0 Å². The molecular weight excluding hydrogens is 224 g/mol. The van der Waals surface area contributed by atoms with Crippen LogP contribution in [-0.2, 0) is 9.47 Å². The van der Waals surface area contributed by atoms with Crippen LogP contribution in [0.1, 0.15) is 47.5 Å². The van der Waals surface area contributed by atoms with Gasteiger partial charge in [0, 0.05) is 11.3 Å². The molecule has 1 aliphatic carbocycles. The van der Waals surface area contributed by atoms with E-state index in [1.807, 2.05) is 0 Å². The molecule has 4 atom stereocenters. The van der Waals surface area contributed by atoms with E-state index < -0.39 is 0 Å². The highest BCUT2D eigenvalue weighted by molar-refractivity contribution is 4.96. The van der Waals surface area contributed by atoms with Crippen molar-refractivity contribution in [3.8, 4) is 0 Å². The van der Waals surface area contributed by atoms with E-state index in [-0.39, 0.29) is 11.7 Å². The zero-order valence-corrected chi connectivity index (χ0v) is 12.5. The van der Waals surface area contributed by atoms with Crippen molar-refractivity contribution < 1.29 is 9.47 Å². The molecule has 0 amide bonds. The Labute approximate surface area is 112 Å². The molecule has 0 aromatic carbocycles. The van der Waals surface area contributed by atoms with E-state index in [4.69, 9.17) is 9.47 Å². The number of ether oxygens (including phenoxy) is 2. The first-order valence-electron chi connectivity index (χ1n) is 7.34. The molecule has 0 radical (unpaired) electrons. The highest BCUT2D eigenvalue weighted by Gasteiger charge is 2.43. The van der Waals surface area contributed by atoms with Crippen LogP contribution in [0.3, 0.4) is 0 Å². The SMILES string of the molecule is CC(C)C1OC(C2CC=CCC2C)OCC1(C)C. The molecule has 2 nitrogen and oxygen atoms in total. The summed E-state index contributed by atoms with van der Waals surface area (Å²) in [5, 5.41) is 0. The van der Waals surface area contributed by atoms with Crippen molar-refractivity contribution in [2.45, 2.75) is 59.9 Å². The average Bonchev–Trinajstić information content (AvgIpc) is 2.29. The van der Waals surface area contributed by atoms with Crippen LogP contribution in [-0.4, -0.2) is 19.0 Å². The number of allylic oxidation sites excluding steroid dienone is 2. The Bertz CT molecular complexity index is 306. The second-order valence-electron chi connectivity index (χ2n) is 7.05. The number of hydrogen-bond donors (Lipinski definition) is 0. The molecule has 1 saturated heterocycles. The highest BCUT2D eigenvalue weighted by atomic mass is 16.7. The van der Waals surface area contributed by atoms with E-state index in [1.54, 1.807) is 0 Å². The molecule has 4 unspecified atom stereocenters. The second kappa shape index (κ2) is 5.34. The maximum absolute atomic E-state index is 6.32. The van der Waals surface area contributed by atoms with Crippen LogP contribution in [0.4, 0.5) is 0 Å². The molecule has 0 bridgehead atoms. The van der Waals surface area contributed by atoms with Crippen molar-refractivity contribution in [3.63, 3.8) is 0 Å². The van der Waals surface area contributed by atoms with Crippen molar-refractivity contribution in [1.29, 1.82) is 0 Å². The summed E-state index contributed by atoms with van der Waals surface area (Å²) < 4.78 is 12.3. The van der Waals surface area contributed by atoms with Gasteiger partial charge in [0.2, 0.25) is 0 Å². The molecule has 2 heteroatoms. The molecule has 2 aliphatic rings. The van der Waals surface area contributed by atoms with E-state index in [1.165, 1.54) is 0 Å². The summed E-state index contributed by atoms with van der Waals surface area (Å²) in [6, 6.07) is 0. The van der Waals surface area contributed by atoms with E-state index in [0.29, 0.717) is 23.9 Å². The fraction of sp³-hybridized carbons (Fsp3) is 0.875. The van der Waals surface area contributed by atoms with Crippen LogP contribution in [0.15, 0.2) is 12.2 Å². The van der Waals surface area contributed by atoms with Gasteiger partial charge in [-0.05, 0) is 24.7 Å². The lowest BCUT2D eigenvalue weighted by atomic mass is 9.79. The molecule has 0 N–H and O–H groups in total. The minimum Gasteiger partial charge on any atom is -0.352 e. The van der Waals surface area contributed by atoms with Gasteiger partial charge >= 0.3 is 0 Å². The fourth-order valence-electron chi connectivity index (χ4n) is 3.38. The summed E-state index contributed by atoms with van der Waals surface area (Å²) in [4.78, 5) is 0. The Hall–Kier alpha value is -0.340. The summed E-state index contributed by atoms with van der Waals surface area (Å²) in [7, 11) is 0. The summed E-state index contributed by atoms with van der Waals surface area (Å²) in [6.07, 6.45) is 7.11. The van der Waals surface area contributed by atoms with Gasteiger partial charge in [0.1, 0.15) is 0 Å². The van der Waals surface area contributed by atoms with Crippen LogP contribution in [0.25, 0.3) is 0 Å². The summed E-state index contributed by atoms with van der Waals surface area (Å²) in [5.74, 6) is 1.72. The lowest BCUT2D eigenvalue weighted by Gasteiger charge is -2.47. The molecule has 0 saturated carbocycles. The Balaban J connectivity index is 2.06. The lowest BCUT2D eigenvalue weighted by Crippen LogP contribution is -2.51. The first kappa shape index (κ1) is 14.1. The van der Waals surface area contributed by atoms with Gasteiger partial charge in [-0.25, -0.2) is 0 Å². The predicted octanol–water partition coefficient (Wildman–Crippen LogP) is 4.01. The minimum absolute atomic E-state index is 0.00891. The molecule has 0 spiro atoms. The van der Waals surface area contributed by atoms with Gasteiger partial charge in [0.05, 0.1) is 12.7 Å². The maximum Gasteiger partial charge on any atom is 0.161 e. The Kier molecular flexibility index (Phi) is 4.18. The van der Waals surface area contributed by atoms with Crippen LogP contribution in [0.2, 0.25) is 0 Å². The first-order chi connectivity index (χ1) is 8.42. The molecule has 0 aromatic rings. The first-order valence-corrected chi connectivity index (χ1v) is 7.34. The Morgan fingerprint density at radius 3 is 2.44 bits per heavy atom. The fourth-order valence-corrected chi connectivity index (χ4v) is 3.38. The number of rotatable bonds is 2. The molecule has 1 heterocycles. The number of hydrogen-bond acceptors (Lipinski definition) is 2. The van der Waals surface area contributed by atoms with Crippen LogP contribution in [0, 0.1) is 23.2 Å². The summed E-state index contributed by atoms with van der Waals surface area (Å²) in [6.45, 7) is 12.1. The van der Waals surface area contributed by atoms with Crippen LogP contribution < -0.4 is 0 Å². The van der Waals surface area contributed by atoms with E-state index >= 15 is 0 Å². The Morgan fingerprint density at radius 1 is 1.17 bits per heavy atom. The molecular formula is C16H28O2. The average molecular weight is 252 g/mol. The maximum atomic E-state index is 6.32. The summed E-state index contributed by atoms with van der Waals surface area (Å²) in [5.41, 5.74) is 0.123. The van der Waals surface area contributed by atoms with Gasteiger partial charge in [-0.3, -0.25) is 0 Å². The van der Waals surface area contributed by atoms with E-state index in [0.717, 1.165) is 19.4 Å². The molecule has 1 aliphatic heterocycles. The monoisotopic (exact) mass is 252 g/mol. The van der Waals surface area contributed by atoms with E-state index in [2.05, 4.69) is 46.8 Å². The third-order valence-electron chi connectivity index (χ3n) is 4.44. The normalized spacial score (nSPS) is 40.1. The molecule has 104 valence electrons. The second-order valence-corrected chi connectivity index (χ2v) is 7.05. The van der Waals surface area contributed by atoms with Gasteiger partial charge in [-0.1, -0.05) is 46.8 Å². The quantitative estimate of drug-likeness (QED) is 0.691. The topological polar surface area (TPSA) is 18.5 Å². The van der Waals surface area contributed by atoms with Crippen molar-refractivity contribution in [1.82, 2.24) is 0 Å². The van der Waals surface area contributed by atoms with Crippen molar-refractivity contribution in [2.75, 3.05) is 6.61 Å². The van der Waals surface area contributed by atoms with Gasteiger partial charge in [0.25, 0.3) is 0 Å². The standard InChI is InChI=1S/C16H28O2/c1-11(2)14-16(4,5)10-17-15(18-14)13-9-7-6-8-12(13)3/h6-7,11-15H,8-10H2,1-5H3.